The molecule has 0 aromatic heterocycles. The molecule has 0 fully saturated rings. The molecule has 2 nitrogen and oxygen atoms in total. The van der Waals surface area contributed by atoms with E-state index in [0.29, 0.717) is 30.9 Å². The molecule has 11 heteroatoms. The van der Waals surface area contributed by atoms with Crippen molar-refractivity contribution >= 4 is 0 Å². The third-order valence-electron chi connectivity index (χ3n) is 7.12. The summed E-state index contributed by atoms with van der Waals surface area (Å²) in [5.41, 5.74) is -0.253. The van der Waals surface area contributed by atoms with Crippen LogP contribution in [0.25, 0.3) is 33.4 Å². The average Bonchev–Trinajstić information content (AvgIpc) is 2.99. The molecule has 0 saturated heterocycles. The van der Waals surface area contributed by atoms with Crippen LogP contribution in [-0.4, -0.2) is 13.2 Å². The van der Waals surface area contributed by atoms with E-state index in [1.54, 1.807) is 6.07 Å². The number of hydrogen-bond donors (Lipinski definition) is 0. The second-order valence-electron chi connectivity index (χ2n) is 10.2. The fourth-order valence-electron chi connectivity index (χ4n) is 4.84. The molecule has 5 rings (SSSR count). The van der Waals surface area contributed by atoms with Crippen molar-refractivity contribution in [2.24, 2.45) is 0 Å². The van der Waals surface area contributed by atoms with Gasteiger partial charge in [0.05, 0.1) is 6.61 Å². The van der Waals surface area contributed by atoms with Crippen LogP contribution in [-0.2, 0) is 17.3 Å². The van der Waals surface area contributed by atoms with Gasteiger partial charge in [-0.15, -0.1) is 0 Å². The van der Waals surface area contributed by atoms with E-state index < -0.39 is 63.7 Å². The Labute approximate surface area is 257 Å². The van der Waals surface area contributed by atoms with Crippen LogP contribution < -0.4 is 4.74 Å². The molecule has 0 bridgehead atoms. The van der Waals surface area contributed by atoms with Crippen LogP contribution in [0.4, 0.5) is 39.5 Å². The third kappa shape index (κ3) is 6.89. The van der Waals surface area contributed by atoms with Crippen LogP contribution in [0.1, 0.15) is 18.1 Å². The van der Waals surface area contributed by atoms with Crippen LogP contribution in [0.3, 0.4) is 0 Å². The molecule has 5 aromatic carbocycles. The van der Waals surface area contributed by atoms with Crippen molar-refractivity contribution in [1.29, 1.82) is 0 Å². The highest BCUT2D eigenvalue weighted by Crippen LogP contribution is 2.39. The summed E-state index contributed by atoms with van der Waals surface area (Å²) >= 11 is 0. The van der Waals surface area contributed by atoms with Crippen LogP contribution in [0.2, 0.25) is 0 Å². The third-order valence-corrected chi connectivity index (χ3v) is 7.12. The first kappa shape index (κ1) is 32.6. The van der Waals surface area contributed by atoms with Gasteiger partial charge in [-0.1, -0.05) is 48.5 Å². The largest absolute Gasteiger partial charge is 0.432 e. The predicted octanol–water partition coefficient (Wildman–Crippen LogP) is 10.4. The summed E-state index contributed by atoms with van der Waals surface area (Å²) in [4.78, 5) is 0. The Morgan fingerprint density at radius 1 is 0.543 bits per heavy atom. The number of alkyl halides is 2. The molecule has 0 spiro atoms. The molecule has 0 N–H and O–H groups in total. The van der Waals surface area contributed by atoms with Crippen LogP contribution >= 0.6 is 0 Å². The Morgan fingerprint density at radius 2 is 1.04 bits per heavy atom. The molecule has 0 saturated carbocycles. The summed E-state index contributed by atoms with van der Waals surface area (Å²) in [5.74, 6) is -12.3. The molecule has 0 radical (unpaired) electrons. The van der Waals surface area contributed by atoms with Gasteiger partial charge in [0.15, 0.2) is 17.5 Å². The summed E-state index contributed by atoms with van der Waals surface area (Å²) in [6, 6.07) is 16.2. The lowest BCUT2D eigenvalue weighted by Crippen LogP contribution is -2.25. The van der Waals surface area contributed by atoms with Gasteiger partial charge in [-0.3, -0.25) is 0 Å². The summed E-state index contributed by atoms with van der Waals surface area (Å²) < 4.78 is 139. The van der Waals surface area contributed by atoms with Gasteiger partial charge in [-0.25, -0.2) is 30.7 Å². The zero-order chi connectivity index (χ0) is 33.2. The maximum absolute atomic E-state index is 15.2. The minimum absolute atomic E-state index is 0.0423. The first-order chi connectivity index (χ1) is 21.9. The van der Waals surface area contributed by atoms with Gasteiger partial charge in [0, 0.05) is 29.9 Å². The summed E-state index contributed by atoms with van der Waals surface area (Å²) in [5, 5.41) is 0. The average molecular weight is 647 g/mol. The van der Waals surface area contributed by atoms with Gasteiger partial charge in [-0.05, 0) is 65.4 Å². The molecule has 238 valence electrons. The van der Waals surface area contributed by atoms with Crippen molar-refractivity contribution < 1.29 is 49.0 Å². The Morgan fingerprint density at radius 3 is 1.61 bits per heavy atom. The SMILES string of the molecule is CCOCCc1ccc(-c2ccc(-c3ccc(-c4cc(F)c(C(F)(F)Oc5cc(F)c(F)c(F)c5)c(F)c4)c(F)c3)c(F)c2)cc1. The van der Waals surface area contributed by atoms with Crippen LogP contribution in [0, 0.1) is 40.7 Å². The van der Waals surface area contributed by atoms with Crippen molar-refractivity contribution in [2.45, 2.75) is 19.5 Å². The van der Waals surface area contributed by atoms with E-state index in [1.807, 2.05) is 31.2 Å². The minimum Gasteiger partial charge on any atom is -0.429 e. The maximum Gasteiger partial charge on any atom is 0.432 e. The topological polar surface area (TPSA) is 18.5 Å². The van der Waals surface area contributed by atoms with E-state index in [0.717, 1.165) is 29.7 Å². The van der Waals surface area contributed by atoms with E-state index >= 15 is 8.78 Å². The lowest BCUT2D eigenvalue weighted by Gasteiger charge is -2.20. The monoisotopic (exact) mass is 646 g/mol. The molecule has 46 heavy (non-hydrogen) atoms. The summed E-state index contributed by atoms with van der Waals surface area (Å²) in [6.45, 7) is 3.11. The number of rotatable bonds is 10. The van der Waals surface area contributed by atoms with Gasteiger partial charge in [-0.2, -0.15) is 8.78 Å². The number of benzene rings is 5. The predicted molar refractivity (Wildman–Crippen MR) is 154 cm³/mol. The second-order valence-corrected chi connectivity index (χ2v) is 10.2. The highest BCUT2D eigenvalue weighted by molar-refractivity contribution is 5.74. The molecule has 5 aromatic rings. The number of ether oxygens (including phenoxy) is 2. The van der Waals surface area contributed by atoms with E-state index in [4.69, 9.17) is 4.74 Å². The lowest BCUT2D eigenvalue weighted by molar-refractivity contribution is -0.189. The minimum atomic E-state index is -4.80. The quantitative estimate of drug-likeness (QED) is 0.0854. The first-order valence-electron chi connectivity index (χ1n) is 13.9. The number of halogens is 9. The van der Waals surface area contributed by atoms with Gasteiger partial charge >= 0.3 is 6.11 Å². The van der Waals surface area contributed by atoms with Crippen molar-refractivity contribution in [3.05, 3.63) is 137 Å². The van der Waals surface area contributed by atoms with Crippen molar-refractivity contribution in [2.75, 3.05) is 13.2 Å². The second kappa shape index (κ2) is 13.3. The highest BCUT2D eigenvalue weighted by Gasteiger charge is 2.41. The molecule has 0 atom stereocenters. The fraction of sp³-hybridized carbons (Fsp3) is 0.143. The molecule has 0 aliphatic carbocycles. The smallest absolute Gasteiger partial charge is 0.429 e. The van der Waals surface area contributed by atoms with E-state index in [9.17, 15) is 30.7 Å². The normalized spacial score (nSPS) is 11.6. The Hall–Kier alpha value is -4.77. The highest BCUT2D eigenvalue weighted by atomic mass is 19.3. The summed E-state index contributed by atoms with van der Waals surface area (Å²) in [6.07, 6.45) is -4.07. The maximum atomic E-state index is 15.2. The van der Waals surface area contributed by atoms with Crippen LogP contribution in [0.15, 0.2) is 84.9 Å². The summed E-state index contributed by atoms with van der Waals surface area (Å²) in [7, 11) is 0. The van der Waals surface area contributed by atoms with Gasteiger partial charge in [0.25, 0.3) is 0 Å². The Balaban J connectivity index is 1.37. The fourth-order valence-corrected chi connectivity index (χ4v) is 4.84. The number of hydrogen-bond acceptors (Lipinski definition) is 2. The standard InChI is InChI=1S/C35H23F9O2/c1-2-45-12-11-19-3-5-20(6-4-19)21-7-9-25(27(36)13-21)22-8-10-26(28(37)14-22)23-15-29(38)33(30(39)16-23)35(43,44)46-24-17-31(40)34(42)32(41)18-24/h3-10,13-18H,2,11-12H2,1H3. The molecular formula is C35H23F9O2. The molecule has 0 amide bonds. The van der Waals surface area contributed by atoms with Crippen molar-refractivity contribution in [3.8, 4) is 39.1 Å². The first-order valence-corrected chi connectivity index (χ1v) is 13.9. The molecule has 0 aliphatic heterocycles. The van der Waals surface area contributed by atoms with Gasteiger partial charge < -0.3 is 9.47 Å². The zero-order valence-corrected chi connectivity index (χ0v) is 23.9. The van der Waals surface area contributed by atoms with Crippen molar-refractivity contribution in [1.82, 2.24) is 0 Å². The molecular weight excluding hydrogens is 623 g/mol. The Kier molecular flexibility index (Phi) is 9.43. The lowest BCUT2D eigenvalue weighted by atomic mass is 9.96. The molecule has 0 unspecified atom stereocenters. The van der Waals surface area contributed by atoms with Gasteiger partial charge in [0.1, 0.15) is 34.6 Å². The van der Waals surface area contributed by atoms with E-state index in [1.165, 1.54) is 18.2 Å². The van der Waals surface area contributed by atoms with E-state index in [-0.39, 0.29) is 28.8 Å². The molecule has 0 aliphatic rings. The zero-order valence-electron chi connectivity index (χ0n) is 23.9. The van der Waals surface area contributed by atoms with Crippen molar-refractivity contribution in [3.63, 3.8) is 0 Å². The Bertz CT molecular complexity index is 1840. The van der Waals surface area contributed by atoms with E-state index in [2.05, 4.69) is 4.74 Å². The van der Waals surface area contributed by atoms with Crippen LogP contribution in [0.5, 0.6) is 5.75 Å². The van der Waals surface area contributed by atoms with Gasteiger partial charge in [0.2, 0.25) is 0 Å². The molecule has 0 heterocycles.